The second-order valence-corrected chi connectivity index (χ2v) is 8.72. The fourth-order valence-corrected chi connectivity index (χ4v) is 4.31. The van der Waals surface area contributed by atoms with E-state index < -0.39 is 21.9 Å². The van der Waals surface area contributed by atoms with Gasteiger partial charge in [0.25, 0.3) is 0 Å². The highest BCUT2D eigenvalue weighted by atomic mass is 32.2. The number of fused-ring (bicyclic) bond motifs is 2. The van der Waals surface area contributed by atoms with Crippen LogP contribution in [0, 0.1) is 17.8 Å². The highest BCUT2D eigenvalue weighted by molar-refractivity contribution is 7.91. The minimum Gasteiger partial charge on any atom is -0.348 e. The SMILES string of the molecule is CS(=O)(=O)CC(=O)N(CC1OCCO1)C[C@H]1C[C@H]2C=C[C@@H]1C2. The molecule has 0 aromatic rings. The van der Waals surface area contributed by atoms with Gasteiger partial charge in [-0.1, -0.05) is 12.2 Å². The van der Waals surface area contributed by atoms with Crippen molar-refractivity contribution in [2.45, 2.75) is 19.1 Å². The lowest BCUT2D eigenvalue weighted by Crippen LogP contribution is -2.44. The van der Waals surface area contributed by atoms with E-state index in [0.29, 0.717) is 44.1 Å². The van der Waals surface area contributed by atoms with E-state index in [-0.39, 0.29) is 5.91 Å². The molecule has 7 heteroatoms. The summed E-state index contributed by atoms with van der Waals surface area (Å²) in [5.41, 5.74) is 0. The first-order valence-corrected chi connectivity index (χ1v) is 9.84. The second-order valence-electron chi connectivity index (χ2n) is 6.58. The maximum atomic E-state index is 12.4. The first kappa shape index (κ1) is 16.0. The number of hydrogen-bond donors (Lipinski definition) is 0. The number of carbonyl (C=O) groups is 1. The Bertz CT molecular complexity index is 552. The molecule has 3 rings (SSSR count). The maximum absolute atomic E-state index is 12.4. The predicted octanol–water partition coefficient (Wildman–Crippen LogP) is 0.445. The van der Waals surface area contributed by atoms with Crippen LogP contribution < -0.4 is 0 Å². The number of nitrogens with zero attached hydrogens (tertiary/aromatic N) is 1. The molecule has 2 fully saturated rings. The molecule has 1 aliphatic heterocycles. The topological polar surface area (TPSA) is 72.9 Å². The Morgan fingerprint density at radius 1 is 1.18 bits per heavy atom. The highest BCUT2D eigenvalue weighted by Gasteiger charge is 2.38. The molecule has 124 valence electrons. The van der Waals surface area contributed by atoms with Crippen molar-refractivity contribution in [3.05, 3.63) is 12.2 Å². The molecule has 2 bridgehead atoms. The van der Waals surface area contributed by atoms with Gasteiger partial charge in [-0.15, -0.1) is 0 Å². The van der Waals surface area contributed by atoms with Crippen LogP contribution in [0.3, 0.4) is 0 Å². The molecule has 0 N–H and O–H groups in total. The molecule has 3 atom stereocenters. The van der Waals surface area contributed by atoms with Crippen molar-refractivity contribution in [1.82, 2.24) is 4.90 Å². The molecule has 6 nitrogen and oxygen atoms in total. The third-order valence-corrected chi connectivity index (χ3v) is 5.44. The van der Waals surface area contributed by atoms with Crippen molar-refractivity contribution in [3.63, 3.8) is 0 Å². The van der Waals surface area contributed by atoms with Crippen molar-refractivity contribution in [1.29, 1.82) is 0 Å². The first-order valence-electron chi connectivity index (χ1n) is 7.78. The smallest absolute Gasteiger partial charge is 0.237 e. The normalized spacial score (nSPS) is 31.0. The molecule has 1 saturated carbocycles. The van der Waals surface area contributed by atoms with Crippen molar-refractivity contribution in [2.75, 3.05) is 38.3 Å². The average Bonchev–Trinajstić information content (AvgIpc) is 3.12. The molecule has 0 aromatic heterocycles. The van der Waals surface area contributed by atoms with Crippen molar-refractivity contribution in [2.24, 2.45) is 17.8 Å². The number of sulfone groups is 1. The molecular formula is C15H23NO5S. The minimum absolute atomic E-state index is 0.311. The van der Waals surface area contributed by atoms with Crippen LogP contribution in [0.2, 0.25) is 0 Å². The number of ether oxygens (including phenoxy) is 2. The quantitative estimate of drug-likeness (QED) is 0.661. The Balaban J connectivity index is 1.65. The second kappa shape index (κ2) is 6.29. The predicted molar refractivity (Wildman–Crippen MR) is 80.8 cm³/mol. The van der Waals surface area contributed by atoms with Crippen molar-refractivity contribution < 1.29 is 22.7 Å². The number of allylic oxidation sites excluding steroid dienone is 2. The monoisotopic (exact) mass is 329 g/mol. The lowest BCUT2D eigenvalue weighted by atomic mass is 9.93. The van der Waals surface area contributed by atoms with E-state index in [2.05, 4.69) is 12.2 Å². The maximum Gasteiger partial charge on any atom is 0.237 e. The van der Waals surface area contributed by atoms with Gasteiger partial charge in [-0.25, -0.2) is 8.42 Å². The van der Waals surface area contributed by atoms with Crippen LogP contribution >= 0.6 is 0 Å². The van der Waals surface area contributed by atoms with E-state index >= 15 is 0 Å². The zero-order valence-corrected chi connectivity index (χ0v) is 13.6. The largest absolute Gasteiger partial charge is 0.348 e. The van der Waals surface area contributed by atoms with Gasteiger partial charge in [0.1, 0.15) is 5.75 Å². The van der Waals surface area contributed by atoms with E-state index in [9.17, 15) is 13.2 Å². The molecule has 1 saturated heterocycles. The van der Waals surface area contributed by atoms with E-state index in [4.69, 9.17) is 9.47 Å². The zero-order valence-electron chi connectivity index (χ0n) is 12.8. The minimum atomic E-state index is -3.33. The van der Waals surface area contributed by atoms with Gasteiger partial charge >= 0.3 is 0 Å². The van der Waals surface area contributed by atoms with Gasteiger partial charge in [-0.3, -0.25) is 4.79 Å². The zero-order chi connectivity index (χ0) is 15.7. The molecule has 0 unspecified atom stereocenters. The molecular weight excluding hydrogens is 306 g/mol. The van der Waals surface area contributed by atoms with E-state index in [1.165, 1.54) is 0 Å². The van der Waals surface area contributed by atoms with Crippen LogP contribution in [0.5, 0.6) is 0 Å². The van der Waals surface area contributed by atoms with Gasteiger partial charge in [0.05, 0.1) is 19.8 Å². The lowest BCUT2D eigenvalue weighted by molar-refractivity contribution is -0.135. The Labute approximate surface area is 131 Å². The average molecular weight is 329 g/mol. The van der Waals surface area contributed by atoms with E-state index in [0.717, 1.165) is 19.1 Å². The summed E-state index contributed by atoms with van der Waals surface area (Å²) >= 11 is 0. The van der Waals surface area contributed by atoms with Crippen LogP contribution in [-0.4, -0.2) is 63.8 Å². The van der Waals surface area contributed by atoms with Gasteiger partial charge in [0.2, 0.25) is 5.91 Å². The number of carbonyl (C=O) groups excluding carboxylic acids is 1. The van der Waals surface area contributed by atoms with E-state index in [1.807, 2.05) is 0 Å². The Morgan fingerprint density at radius 2 is 1.91 bits per heavy atom. The molecule has 1 amide bonds. The Kier molecular flexibility index (Phi) is 4.56. The van der Waals surface area contributed by atoms with Gasteiger partial charge in [0.15, 0.2) is 16.1 Å². The summed E-state index contributed by atoms with van der Waals surface area (Å²) in [6.45, 7) is 1.94. The third kappa shape index (κ3) is 3.88. The summed E-state index contributed by atoms with van der Waals surface area (Å²) in [4.78, 5) is 14.0. The fourth-order valence-electron chi connectivity index (χ4n) is 3.67. The highest BCUT2D eigenvalue weighted by Crippen LogP contribution is 2.43. The summed E-state index contributed by atoms with van der Waals surface area (Å²) in [6.07, 6.45) is 7.39. The number of hydrogen-bond acceptors (Lipinski definition) is 5. The van der Waals surface area contributed by atoms with E-state index in [1.54, 1.807) is 4.90 Å². The van der Waals surface area contributed by atoms with Crippen LogP contribution in [0.1, 0.15) is 12.8 Å². The van der Waals surface area contributed by atoms with Crippen molar-refractivity contribution >= 4 is 15.7 Å². The molecule has 0 aromatic carbocycles. The standard InChI is InChI=1S/C15H23NO5S/c1-22(18,19)10-14(17)16(9-15-20-4-5-21-15)8-13-7-11-2-3-12(13)6-11/h2-3,11-13,15H,4-10H2,1H3/t11-,12+,13+/m0/s1. The van der Waals surface area contributed by atoms with Crippen LogP contribution in [-0.2, 0) is 24.1 Å². The van der Waals surface area contributed by atoms with Gasteiger partial charge in [-0.2, -0.15) is 0 Å². The fraction of sp³-hybridized carbons (Fsp3) is 0.800. The first-order chi connectivity index (χ1) is 10.4. The molecule has 1 heterocycles. The van der Waals surface area contributed by atoms with Crippen LogP contribution in [0.15, 0.2) is 12.2 Å². The molecule has 3 aliphatic rings. The lowest BCUT2D eigenvalue weighted by Gasteiger charge is -2.30. The van der Waals surface area contributed by atoms with Gasteiger partial charge in [-0.05, 0) is 30.6 Å². The third-order valence-electron chi connectivity index (χ3n) is 4.67. The molecule has 2 aliphatic carbocycles. The van der Waals surface area contributed by atoms with Crippen LogP contribution in [0.25, 0.3) is 0 Å². The molecule has 22 heavy (non-hydrogen) atoms. The summed E-state index contributed by atoms with van der Waals surface area (Å²) < 4.78 is 33.7. The summed E-state index contributed by atoms with van der Waals surface area (Å²) in [5.74, 6) is 0.758. The van der Waals surface area contributed by atoms with Crippen LogP contribution in [0.4, 0.5) is 0 Å². The molecule has 0 radical (unpaired) electrons. The Hall–Kier alpha value is -0.920. The van der Waals surface area contributed by atoms with Gasteiger partial charge in [0, 0.05) is 12.8 Å². The summed E-state index contributed by atoms with van der Waals surface area (Å²) in [7, 11) is -3.33. The summed E-state index contributed by atoms with van der Waals surface area (Å²) in [5, 5.41) is 0. The summed E-state index contributed by atoms with van der Waals surface area (Å²) in [6, 6.07) is 0. The van der Waals surface area contributed by atoms with Crippen molar-refractivity contribution in [3.8, 4) is 0 Å². The molecule has 0 spiro atoms. The Morgan fingerprint density at radius 3 is 2.45 bits per heavy atom. The number of rotatable bonds is 6. The number of amides is 1. The van der Waals surface area contributed by atoms with Gasteiger partial charge < -0.3 is 14.4 Å².